The molecule has 1 aromatic heterocycles. The van der Waals surface area contributed by atoms with Gasteiger partial charge in [0.05, 0.1) is 29.9 Å². The molecule has 21 heavy (non-hydrogen) atoms. The third-order valence-electron chi connectivity index (χ3n) is 2.97. The molecule has 0 saturated heterocycles. The highest BCUT2D eigenvalue weighted by Crippen LogP contribution is 2.20. The summed E-state index contributed by atoms with van der Waals surface area (Å²) in [6.45, 7) is 2.87. The van der Waals surface area contributed by atoms with Gasteiger partial charge < -0.3 is 10.5 Å². The second kappa shape index (κ2) is 6.15. The Labute approximate surface area is 123 Å². The van der Waals surface area contributed by atoms with E-state index in [-0.39, 0.29) is 4.90 Å². The van der Waals surface area contributed by atoms with Crippen molar-refractivity contribution in [3.63, 3.8) is 0 Å². The van der Waals surface area contributed by atoms with Crippen molar-refractivity contribution >= 4 is 21.4 Å². The van der Waals surface area contributed by atoms with Gasteiger partial charge in [-0.2, -0.15) is 5.10 Å². The molecule has 2 aromatic rings. The van der Waals surface area contributed by atoms with Crippen molar-refractivity contribution in [1.29, 1.82) is 0 Å². The van der Waals surface area contributed by atoms with E-state index in [1.165, 1.54) is 18.3 Å². The number of methoxy groups -OCH3 is 1. The zero-order valence-corrected chi connectivity index (χ0v) is 12.7. The number of benzene rings is 1. The third-order valence-corrected chi connectivity index (χ3v) is 4.35. The van der Waals surface area contributed by atoms with Crippen LogP contribution in [0.15, 0.2) is 35.5 Å². The minimum atomic E-state index is -3.67. The van der Waals surface area contributed by atoms with Crippen LogP contribution in [0.5, 0.6) is 0 Å². The van der Waals surface area contributed by atoms with E-state index in [0.29, 0.717) is 24.5 Å². The van der Waals surface area contributed by atoms with Crippen LogP contribution in [0, 0.1) is 6.92 Å². The molecule has 1 heterocycles. The Morgan fingerprint density at radius 1 is 1.43 bits per heavy atom. The zero-order valence-electron chi connectivity index (χ0n) is 11.9. The Morgan fingerprint density at radius 3 is 2.86 bits per heavy atom. The SMILES string of the molecule is COCCn1cc(NS(=O)(=O)c2ccc(C)c(N)c2)cn1. The number of hydrogen-bond donors (Lipinski definition) is 2. The fourth-order valence-corrected chi connectivity index (χ4v) is 2.79. The topological polar surface area (TPSA) is 99.2 Å². The van der Waals surface area contributed by atoms with E-state index in [1.807, 2.05) is 6.92 Å². The average Bonchev–Trinajstić information content (AvgIpc) is 2.86. The summed E-state index contributed by atoms with van der Waals surface area (Å²) in [5.41, 5.74) is 7.41. The normalized spacial score (nSPS) is 11.5. The molecule has 2 rings (SSSR count). The van der Waals surface area contributed by atoms with Gasteiger partial charge in [-0.15, -0.1) is 0 Å². The van der Waals surface area contributed by atoms with Crippen LogP contribution in [-0.2, 0) is 21.3 Å². The number of hydrogen-bond acceptors (Lipinski definition) is 5. The molecule has 114 valence electrons. The summed E-state index contributed by atoms with van der Waals surface area (Å²) in [5, 5.41) is 4.05. The maximum Gasteiger partial charge on any atom is 0.262 e. The molecule has 0 unspecified atom stereocenters. The Kier molecular flexibility index (Phi) is 4.49. The van der Waals surface area contributed by atoms with Gasteiger partial charge in [0, 0.05) is 19.0 Å². The average molecular weight is 310 g/mol. The highest BCUT2D eigenvalue weighted by atomic mass is 32.2. The molecule has 0 fully saturated rings. The summed E-state index contributed by atoms with van der Waals surface area (Å²) in [6.07, 6.45) is 3.05. The molecular formula is C13H18N4O3S. The Bertz CT molecular complexity index is 725. The lowest BCUT2D eigenvalue weighted by atomic mass is 10.2. The van der Waals surface area contributed by atoms with Crippen LogP contribution in [0.3, 0.4) is 0 Å². The first-order valence-corrected chi connectivity index (χ1v) is 7.81. The number of nitrogens with one attached hydrogen (secondary N) is 1. The lowest BCUT2D eigenvalue weighted by molar-refractivity contribution is 0.183. The van der Waals surface area contributed by atoms with Crippen molar-refractivity contribution in [2.75, 3.05) is 24.2 Å². The van der Waals surface area contributed by atoms with Crippen LogP contribution in [-0.4, -0.2) is 31.9 Å². The molecule has 0 bridgehead atoms. The molecule has 0 radical (unpaired) electrons. The summed E-state index contributed by atoms with van der Waals surface area (Å²) in [6, 6.07) is 4.63. The molecule has 8 heteroatoms. The second-order valence-corrected chi connectivity index (χ2v) is 6.29. The molecule has 0 spiro atoms. The fraction of sp³-hybridized carbons (Fsp3) is 0.308. The smallest absolute Gasteiger partial charge is 0.262 e. The molecule has 0 amide bonds. The van der Waals surface area contributed by atoms with Crippen molar-refractivity contribution in [3.05, 3.63) is 36.2 Å². The summed E-state index contributed by atoms with van der Waals surface area (Å²) >= 11 is 0. The van der Waals surface area contributed by atoms with Gasteiger partial charge in [-0.05, 0) is 24.6 Å². The lowest BCUT2D eigenvalue weighted by Crippen LogP contribution is -2.13. The lowest BCUT2D eigenvalue weighted by Gasteiger charge is -2.08. The van der Waals surface area contributed by atoms with Crippen molar-refractivity contribution in [2.45, 2.75) is 18.4 Å². The van der Waals surface area contributed by atoms with E-state index in [4.69, 9.17) is 10.5 Å². The molecule has 0 atom stereocenters. The van der Waals surface area contributed by atoms with Crippen LogP contribution in [0.4, 0.5) is 11.4 Å². The van der Waals surface area contributed by atoms with E-state index in [0.717, 1.165) is 5.56 Å². The van der Waals surface area contributed by atoms with E-state index >= 15 is 0 Å². The number of ether oxygens (including phenoxy) is 1. The van der Waals surface area contributed by atoms with Crippen LogP contribution in [0.2, 0.25) is 0 Å². The summed E-state index contributed by atoms with van der Waals surface area (Å²) in [7, 11) is -2.08. The van der Waals surface area contributed by atoms with Crippen molar-refractivity contribution in [3.8, 4) is 0 Å². The first kappa shape index (κ1) is 15.3. The number of nitrogen functional groups attached to an aromatic ring is 1. The molecular weight excluding hydrogens is 292 g/mol. The highest BCUT2D eigenvalue weighted by Gasteiger charge is 2.16. The van der Waals surface area contributed by atoms with Gasteiger partial charge in [0.25, 0.3) is 10.0 Å². The van der Waals surface area contributed by atoms with E-state index in [9.17, 15) is 8.42 Å². The summed E-state index contributed by atoms with van der Waals surface area (Å²) in [4.78, 5) is 0.121. The fourth-order valence-electron chi connectivity index (χ4n) is 1.72. The minimum absolute atomic E-state index is 0.121. The predicted octanol–water partition coefficient (Wildman–Crippen LogP) is 1.22. The monoisotopic (exact) mass is 310 g/mol. The van der Waals surface area contributed by atoms with E-state index in [1.54, 1.807) is 24.1 Å². The van der Waals surface area contributed by atoms with Crippen molar-refractivity contribution in [2.24, 2.45) is 0 Å². The summed E-state index contributed by atoms with van der Waals surface area (Å²) < 4.78 is 33.5. The molecule has 0 aliphatic heterocycles. The highest BCUT2D eigenvalue weighted by molar-refractivity contribution is 7.92. The van der Waals surface area contributed by atoms with E-state index in [2.05, 4.69) is 9.82 Å². The quantitative estimate of drug-likeness (QED) is 0.782. The van der Waals surface area contributed by atoms with Crippen LogP contribution in [0.25, 0.3) is 0 Å². The first-order valence-electron chi connectivity index (χ1n) is 6.33. The van der Waals surface area contributed by atoms with Gasteiger partial charge in [-0.25, -0.2) is 8.42 Å². The number of nitrogens with zero attached hydrogens (tertiary/aromatic N) is 2. The van der Waals surface area contributed by atoms with Gasteiger partial charge in [0.2, 0.25) is 0 Å². The van der Waals surface area contributed by atoms with Gasteiger partial charge in [0.15, 0.2) is 0 Å². The largest absolute Gasteiger partial charge is 0.398 e. The third kappa shape index (κ3) is 3.73. The molecule has 7 nitrogen and oxygen atoms in total. The molecule has 0 aliphatic rings. The van der Waals surface area contributed by atoms with Crippen LogP contribution in [0.1, 0.15) is 5.56 Å². The molecule has 1 aromatic carbocycles. The van der Waals surface area contributed by atoms with E-state index < -0.39 is 10.0 Å². The van der Waals surface area contributed by atoms with Gasteiger partial charge in [0.1, 0.15) is 0 Å². The second-order valence-electron chi connectivity index (χ2n) is 4.61. The molecule has 0 aliphatic carbocycles. The van der Waals surface area contributed by atoms with Crippen molar-refractivity contribution < 1.29 is 13.2 Å². The Morgan fingerprint density at radius 2 is 2.19 bits per heavy atom. The van der Waals surface area contributed by atoms with Gasteiger partial charge >= 0.3 is 0 Å². The maximum atomic E-state index is 12.3. The number of aryl methyl sites for hydroxylation is 1. The first-order chi connectivity index (χ1) is 9.92. The van der Waals surface area contributed by atoms with Gasteiger partial charge in [-0.3, -0.25) is 9.40 Å². The van der Waals surface area contributed by atoms with Crippen molar-refractivity contribution in [1.82, 2.24) is 9.78 Å². The number of aromatic nitrogens is 2. The standard InChI is InChI=1S/C13H18N4O3S/c1-10-3-4-12(7-13(10)14)21(18,19)16-11-8-15-17(9-11)5-6-20-2/h3-4,7-9,16H,5-6,14H2,1-2H3. The zero-order chi connectivity index (χ0) is 15.5. The number of rotatable bonds is 6. The van der Waals surface area contributed by atoms with Crippen LogP contribution < -0.4 is 10.5 Å². The minimum Gasteiger partial charge on any atom is -0.398 e. The molecule has 0 saturated carbocycles. The molecule has 3 N–H and O–H groups in total. The maximum absolute atomic E-state index is 12.3. The summed E-state index contributed by atoms with van der Waals surface area (Å²) in [5.74, 6) is 0. The number of anilines is 2. The van der Waals surface area contributed by atoms with Gasteiger partial charge in [-0.1, -0.05) is 6.07 Å². The Hall–Kier alpha value is -2.06. The Balaban J connectivity index is 2.16. The number of nitrogens with two attached hydrogens (primary N) is 1. The predicted molar refractivity (Wildman–Crippen MR) is 80.5 cm³/mol. The van der Waals surface area contributed by atoms with Crippen LogP contribution >= 0.6 is 0 Å². The number of sulfonamides is 1.